The van der Waals surface area contributed by atoms with E-state index in [-0.39, 0.29) is 29.5 Å². The fourth-order valence-corrected chi connectivity index (χ4v) is 7.44. The first kappa shape index (κ1) is 33.5. The van der Waals surface area contributed by atoms with E-state index < -0.39 is 59.5 Å². The Hall–Kier alpha value is -3.90. The number of amides is 5. The number of hydrogen-bond donors (Lipinski definition) is 4. The molecule has 46 heavy (non-hydrogen) atoms. The lowest BCUT2D eigenvalue weighted by Crippen LogP contribution is -2.59. The summed E-state index contributed by atoms with van der Waals surface area (Å²) in [5.41, 5.74) is 0.0996. The smallest absolute Gasteiger partial charge is 0.289 e. The summed E-state index contributed by atoms with van der Waals surface area (Å²) in [4.78, 5) is 89.5. The molecule has 0 spiro atoms. The van der Waals surface area contributed by atoms with E-state index in [4.69, 9.17) is 0 Å². The maximum Gasteiger partial charge on any atom is 0.289 e. The first-order valence-electron chi connectivity index (χ1n) is 17.0. The number of likely N-dealkylation sites (tertiary alicyclic amines) is 1. The van der Waals surface area contributed by atoms with Crippen molar-refractivity contribution in [1.82, 2.24) is 36.1 Å². The number of nitrogens with one attached hydrogen (secondary N) is 4. The molecule has 13 nitrogen and oxygen atoms in total. The Kier molecular flexibility index (Phi) is 11.0. The van der Waals surface area contributed by atoms with E-state index in [2.05, 4.69) is 31.2 Å². The van der Waals surface area contributed by atoms with Crippen LogP contribution in [0, 0.1) is 17.8 Å². The Morgan fingerprint density at radius 3 is 2.35 bits per heavy atom. The molecule has 1 aliphatic heterocycles. The van der Waals surface area contributed by atoms with E-state index in [9.17, 15) is 28.8 Å². The average molecular weight is 638 g/mol. The maximum absolute atomic E-state index is 13.9. The Morgan fingerprint density at radius 1 is 0.913 bits per heavy atom. The SMILES string of the molecule is CCC[C@H](NC(=O)[C@@H]1[C@H]2CCC[C@H]2CN1C(=O)[C@H](C)NC(=O)[C@@H](NC(=O)c1cnccn1)C1CCCCC1)C(=O)C(=O)NC1CC1. The number of hydrogen-bond acceptors (Lipinski definition) is 8. The zero-order valence-electron chi connectivity index (χ0n) is 26.8. The Balaban J connectivity index is 1.27. The summed E-state index contributed by atoms with van der Waals surface area (Å²) in [5.74, 6) is -3.17. The van der Waals surface area contributed by atoms with Gasteiger partial charge in [-0.15, -0.1) is 0 Å². The second kappa shape index (κ2) is 15.1. The van der Waals surface area contributed by atoms with Gasteiger partial charge in [0.2, 0.25) is 23.5 Å². The summed E-state index contributed by atoms with van der Waals surface area (Å²) in [6.07, 6.45) is 13.9. The standard InChI is InChI=1S/C33H47N7O6/c1-3-8-24(28(41)32(45)37-22-13-14-22)38-31(44)27-23-12-7-11-21(23)18-40(27)33(46)19(2)36-30(43)26(20-9-5-4-6-10-20)39-29(42)25-17-34-15-16-35-25/h15-17,19-24,26-27H,3-14,18H2,1-2H3,(H,36,43)(H,37,45)(H,38,44)(H,39,42)/t19-,21-,23-,24-,26-,27-/m0/s1. The molecule has 1 aromatic rings. The second-order valence-corrected chi connectivity index (χ2v) is 13.4. The molecular weight excluding hydrogens is 590 g/mol. The maximum atomic E-state index is 13.9. The van der Waals surface area contributed by atoms with Gasteiger partial charge in [0.1, 0.15) is 23.8 Å². The predicted molar refractivity (Wildman–Crippen MR) is 167 cm³/mol. The van der Waals surface area contributed by atoms with Crippen molar-refractivity contribution >= 4 is 35.3 Å². The molecular formula is C33H47N7O6. The lowest BCUT2D eigenvalue weighted by Gasteiger charge is -2.33. The minimum Gasteiger partial charge on any atom is -0.347 e. The van der Waals surface area contributed by atoms with Crippen LogP contribution in [0.3, 0.4) is 0 Å². The van der Waals surface area contributed by atoms with Crippen molar-refractivity contribution in [1.29, 1.82) is 0 Å². The van der Waals surface area contributed by atoms with Gasteiger partial charge in [-0.3, -0.25) is 33.8 Å². The summed E-state index contributed by atoms with van der Waals surface area (Å²) in [5, 5.41) is 11.2. The number of carbonyl (C=O) groups excluding carboxylic acids is 6. The van der Waals surface area contributed by atoms with Crippen LogP contribution in [0.2, 0.25) is 0 Å². The molecule has 1 saturated heterocycles. The van der Waals surface area contributed by atoms with Gasteiger partial charge in [0, 0.05) is 25.0 Å². The van der Waals surface area contributed by atoms with Crippen LogP contribution in [-0.2, 0) is 24.0 Å². The van der Waals surface area contributed by atoms with Crippen LogP contribution in [0.5, 0.6) is 0 Å². The van der Waals surface area contributed by atoms with Gasteiger partial charge in [0.05, 0.1) is 12.2 Å². The van der Waals surface area contributed by atoms with Crippen molar-refractivity contribution in [2.75, 3.05) is 6.54 Å². The molecule has 4 aliphatic rings. The molecule has 4 N–H and O–H groups in total. The lowest BCUT2D eigenvalue weighted by molar-refractivity contribution is -0.144. The normalized spacial score (nSPS) is 24.7. The zero-order valence-corrected chi connectivity index (χ0v) is 26.8. The minimum atomic E-state index is -0.972. The molecule has 5 amide bonds. The van der Waals surface area contributed by atoms with Gasteiger partial charge in [0.15, 0.2) is 0 Å². The number of ketones is 1. The van der Waals surface area contributed by atoms with Gasteiger partial charge in [-0.2, -0.15) is 0 Å². The fraction of sp³-hybridized carbons (Fsp3) is 0.697. The molecule has 0 unspecified atom stereocenters. The summed E-state index contributed by atoms with van der Waals surface area (Å²) in [6.45, 7) is 3.85. The third-order valence-electron chi connectivity index (χ3n) is 10.0. The van der Waals surface area contributed by atoms with Crippen molar-refractivity contribution in [3.63, 3.8) is 0 Å². The van der Waals surface area contributed by atoms with Crippen LogP contribution >= 0.6 is 0 Å². The van der Waals surface area contributed by atoms with Crippen LogP contribution in [0.15, 0.2) is 18.6 Å². The molecule has 0 radical (unpaired) electrons. The largest absolute Gasteiger partial charge is 0.347 e. The van der Waals surface area contributed by atoms with Crippen molar-refractivity contribution in [2.45, 2.75) is 121 Å². The molecule has 4 fully saturated rings. The highest BCUT2D eigenvalue weighted by atomic mass is 16.2. The fourth-order valence-electron chi connectivity index (χ4n) is 7.44. The van der Waals surface area contributed by atoms with Crippen LogP contribution in [0.1, 0.15) is 101 Å². The van der Waals surface area contributed by atoms with Crippen LogP contribution in [-0.4, -0.2) is 86.9 Å². The summed E-state index contributed by atoms with van der Waals surface area (Å²) >= 11 is 0. The van der Waals surface area contributed by atoms with E-state index in [1.165, 1.54) is 18.6 Å². The van der Waals surface area contributed by atoms with E-state index in [1.54, 1.807) is 11.8 Å². The topological polar surface area (TPSA) is 180 Å². The number of aromatic nitrogens is 2. The Labute approximate surface area is 269 Å². The van der Waals surface area contributed by atoms with Gasteiger partial charge in [-0.25, -0.2) is 4.98 Å². The number of fused-ring (bicyclic) bond motifs is 1. The molecule has 3 saturated carbocycles. The predicted octanol–water partition coefficient (Wildman–Crippen LogP) is 1.42. The lowest BCUT2D eigenvalue weighted by atomic mass is 9.83. The molecule has 13 heteroatoms. The highest BCUT2D eigenvalue weighted by molar-refractivity contribution is 6.38. The minimum absolute atomic E-state index is 0.0198. The number of carbonyl (C=O) groups is 6. The van der Waals surface area contributed by atoms with E-state index in [0.29, 0.717) is 19.4 Å². The third kappa shape index (κ3) is 7.90. The number of rotatable bonds is 13. The summed E-state index contributed by atoms with van der Waals surface area (Å²) in [7, 11) is 0. The highest BCUT2D eigenvalue weighted by Crippen LogP contribution is 2.42. The van der Waals surface area contributed by atoms with Crippen LogP contribution in [0.25, 0.3) is 0 Å². The second-order valence-electron chi connectivity index (χ2n) is 13.4. The molecule has 3 aliphatic carbocycles. The van der Waals surface area contributed by atoms with E-state index >= 15 is 0 Å². The first-order chi connectivity index (χ1) is 22.2. The average Bonchev–Trinajstić information content (AvgIpc) is 3.63. The molecule has 5 rings (SSSR count). The number of Topliss-reactive ketones (excluding diaryl/α,β-unsaturated/α-hetero) is 1. The van der Waals surface area contributed by atoms with Gasteiger partial charge >= 0.3 is 0 Å². The van der Waals surface area contributed by atoms with Gasteiger partial charge in [0.25, 0.3) is 11.8 Å². The van der Waals surface area contributed by atoms with E-state index in [0.717, 1.165) is 64.2 Å². The van der Waals surface area contributed by atoms with Gasteiger partial charge < -0.3 is 26.2 Å². The first-order valence-corrected chi connectivity index (χ1v) is 17.0. The molecule has 6 atom stereocenters. The van der Waals surface area contributed by atoms with Crippen molar-refractivity contribution < 1.29 is 28.8 Å². The molecule has 0 bridgehead atoms. The third-order valence-corrected chi connectivity index (χ3v) is 10.0. The van der Waals surface area contributed by atoms with Gasteiger partial charge in [-0.1, -0.05) is 39.0 Å². The van der Waals surface area contributed by atoms with Crippen molar-refractivity contribution in [2.24, 2.45) is 17.8 Å². The summed E-state index contributed by atoms with van der Waals surface area (Å²) in [6, 6.07) is -3.57. The molecule has 0 aromatic carbocycles. The Bertz CT molecular complexity index is 1300. The zero-order chi connectivity index (χ0) is 32.8. The summed E-state index contributed by atoms with van der Waals surface area (Å²) < 4.78 is 0. The monoisotopic (exact) mass is 637 g/mol. The van der Waals surface area contributed by atoms with E-state index in [1.807, 2.05) is 6.92 Å². The van der Waals surface area contributed by atoms with Crippen LogP contribution in [0.4, 0.5) is 0 Å². The quantitative estimate of drug-likeness (QED) is 0.235. The number of nitrogens with zero attached hydrogens (tertiary/aromatic N) is 3. The molecule has 1 aromatic heterocycles. The van der Waals surface area contributed by atoms with Crippen molar-refractivity contribution in [3.8, 4) is 0 Å². The van der Waals surface area contributed by atoms with Crippen molar-refractivity contribution in [3.05, 3.63) is 24.3 Å². The Morgan fingerprint density at radius 2 is 1.67 bits per heavy atom. The molecule has 2 heterocycles. The molecule has 250 valence electrons. The highest BCUT2D eigenvalue weighted by Gasteiger charge is 2.51. The van der Waals surface area contributed by atoms with Crippen LogP contribution < -0.4 is 21.3 Å². The van der Waals surface area contributed by atoms with Gasteiger partial charge in [-0.05, 0) is 69.6 Å².